The first-order valence-electron chi connectivity index (χ1n) is 9.17. The fourth-order valence-corrected chi connectivity index (χ4v) is 5.31. The van der Waals surface area contributed by atoms with Crippen LogP contribution >= 0.6 is 12.4 Å². The van der Waals surface area contributed by atoms with Crippen LogP contribution in [0.5, 0.6) is 0 Å². The second kappa shape index (κ2) is 9.20. The topological polar surface area (TPSA) is 40.6 Å². The van der Waals surface area contributed by atoms with Crippen molar-refractivity contribution in [2.75, 3.05) is 14.1 Å². The number of hydrogen-bond donors (Lipinski definition) is 0. The van der Waals surface area contributed by atoms with Crippen molar-refractivity contribution in [2.45, 2.75) is 49.7 Å². The van der Waals surface area contributed by atoms with E-state index in [1.807, 2.05) is 19.1 Å². The monoisotopic (exact) mass is 408 g/mol. The van der Waals surface area contributed by atoms with Crippen molar-refractivity contribution in [1.82, 2.24) is 9.21 Å². The van der Waals surface area contributed by atoms with Crippen LogP contribution in [0.2, 0.25) is 0 Å². The molecule has 27 heavy (non-hydrogen) atoms. The summed E-state index contributed by atoms with van der Waals surface area (Å²) in [7, 11) is 0.420. The maximum absolute atomic E-state index is 13.0. The first-order valence-corrected chi connectivity index (χ1v) is 10.6. The van der Waals surface area contributed by atoms with E-state index >= 15 is 0 Å². The van der Waals surface area contributed by atoms with E-state index in [9.17, 15) is 8.42 Å². The van der Waals surface area contributed by atoms with Crippen molar-refractivity contribution >= 4 is 22.4 Å². The predicted octanol–water partition coefficient (Wildman–Crippen LogP) is 4.09. The van der Waals surface area contributed by atoms with Gasteiger partial charge < -0.3 is 0 Å². The molecule has 4 nitrogen and oxygen atoms in total. The van der Waals surface area contributed by atoms with Crippen LogP contribution in [0.15, 0.2) is 59.5 Å². The molecule has 1 aliphatic rings. The quantitative estimate of drug-likeness (QED) is 0.722. The van der Waals surface area contributed by atoms with Crippen LogP contribution in [0.4, 0.5) is 0 Å². The fraction of sp³-hybridized carbons (Fsp3) is 0.429. The SMILES string of the molecule is Cc1cccc(S(=O)(=O)N(C)[C@@H]2CC[C@H](N(C)Cc3ccccc3)C2)c1.Cl. The highest BCUT2D eigenvalue weighted by atomic mass is 35.5. The number of nitrogens with zero attached hydrogens (tertiary/aromatic N) is 2. The first kappa shape index (κ1) is 21.9. The smallest absolute Gasteiger partial charge is 0.243 e. The van der Waals surface area contributed by atoms with Gasteiger partial charge in [-0.05, 0) is 56.5 Å². The van der Waals surface area contributed by atoms with Gasteiger partial charge in [0.15, 0.2) is 0 Å². The van der Waals surface area contributed by atoms with E-state index < -0.39 is 10.0 Å². The molecular weight excluding hydrogens is 380 g/mol. The molecule has 0 aliphatic heterocycles. The predicted molar refractivity (Wildman–Crippen MR) is 113 cm³/mol. The molecule has 0 saturated heterocycles. The minimum Gasteiger partial charge on any atom is -0.299 e. The molecule has 1 aliphatic carbocycles. The van der Waals surface area contributed by atoms with Crippen LogP contribution in [-0.4, -0.2) is 43.8 Å². The second-order valence-electron chi connectivity index (χ2n) is 7.36. The second-order valence-corrected chi connectivity index (χ2v) is 9.36. The van der Waals surface area contributed by atoms with Gasteiger partial charge in [-0.1, -0.05) is 42.5 Å². The number of halogens is 1. The minimum absolute atomic E-state index is 0. The van der Waals surface area contributed by atoms with E-state index in [2.05, 4.69) is 36.2 Å². The summed E-state index contributed by atoms with van der Waals surface area (Å²) in [6, 6.07) is 18.1. The largest absolute Gasteiger partial charge is 0.299 e. The number of sulfonamides is 1. The Morgan fingerprint density at radius 3 is 2.30 bits per heavy atom. The molecule has 0 spiro atoms. The van der Waals surface area contributed by atoms with Gasteiger partial charge in [-0.15, -0.1) is 12.4 Å². The van der Waals surface area contributed by atoms with Gasteiger partial charge in [-0.25, -0.2) is 8.42 Å². The van der Waals surface area contributed by atoms with E-state index in [0.717, 1.165) is 31.4 Å². The summed E-state index contributed by atoms with van der Waals surface area (Å²) in [4.78, 5) is 2.74. The lowest BCUT2D eigenvalue weighted by Crippen LogP contribution is -2.37. The summed E-state index contributed by atoms with van der Waals surface area (Å²) < 4.78 is 27.5. The standard InChI is InChI=1S/C21H28N2O2S.ClH/c1-17-8-7-11-21(14-17)26(24,25)23(3)20-13-12-19(15-20)22(2)16-18-9-5-4-6-10-18;/h4-11,14,19-20H,12-13,15-16H2,1-3H3;1H/t19-,20+;/m0./s1. The molecule has 2 atom stereocenters. The highest BCUT2D eigenvalue weighted by molar-refractivity contribution is 7.89. The molecule has 1 saturated carbocycles. The highest BCUT2D eigenvalue weighted by Crippen LogP contribution is 2.31. The van der Waals surface area contributed by atoms with Crippen LogP contribution in [-0.2, 0) is 16.6 Å². The van der Waals surface area contributed by atoms with E-state index in [0.29, 0.717) is 10.9 Å². The third-order valence-corrected chi connectivity index (χ3v) is 7.36. The van der Waals surface area contributed by atoms with Gasteiger partial charge in [-0.2, -0.15) is 4.31 Å². The van der Waals surface area contributed by atoms with Gasteiger partial charge in [0.25, 0.3) is 0 Å². The molecular formula is C21H29ClN2O2S. The molecule has 0 bridgehead atoms. The van der Waals surface area contributed by atoms with Crippen LogP contribution in [0, 0.1) is 6.92 Å². The summed E-state index contributed by atoms with van der Waals surface area (Å²) in [6.07, 6.45) is 2.82. The molecule has 1 fully saturated rings. The van der Waals surface area contributed by atoms with E-state index in [4.69, 9.17) is 0 Å². The van der Waals surface area contributed by atoms with Crippen molar-refractivity contribution in [1.29, 1.82) is 0 Å². The van der Waals surface area contributed by atoms with Crippen LogP contribution in [0.3, 0.4) is 0 Å². The summed E-state index contributed by atoms with van der Waals surface area (Å²) in [5.41, 5.74) is 2.26. The number of rotatable bonds is 6. The molecule has 0 radical (unpaired) electrons. The Labute approximate surface area is 169 Å². The van der Waals surface area contributed by atoms with Crippen molar-refractivity contribution in [3.63, 3.8) is 0 Å². The van der Waals surface area contributed by atoms with E-state index in [-0.39, 0.29) is 18.4 Å². The van der Waals surface area contributed by atoms with Crippen LogP contribution < -0.4 is 0 Å². The van der Waals surface area contributed by atoms with Crippen LogP contribution in [0.25, 0.3) is 0 Å². The van der Waals surface area contributed by atoms with Crippen molar-refractivity contribution < 1.29 is 8.42 Å². The Morgan fingerprint density at radius 2 is 1.63 bits per heavy atom. The summed E-state index contributed by atoms with van der Waals surface area (Å²) in [6.45, 7) is 2.82. The molecule has 2 aromatic carbocycles. The van der Waals surface area contributed by atoms with E-state index in [1.54, 1.807) is 29.6 Å². The molecule has 3 rings (SSSR count). The summed E-state index contributed by atoms with van der Waals surface area (Å²) in [5, 5.41) is 0. The van der Waals surface area contributed by atoms with Gasteiger partial charge >= 0.3 is 0 Å². The molecule has 148 valence electrons. The third kappa shape index (κ3) is 5.11. The molecule has 6 heteroatoms. The molecule has 0 aromatic heterocycles. The van der Waals surface area contributed by atoms with Crippen molar-refractivity contribution in [3.8, 4) is 0 Å². The zero-order valence-electron chi connectivity index (χ0n) is 16.2. The molecule has 0 amide bonds. The summed E-state index contributed by atoms with van der Waals surface area (Å²) in [5.74, 6) is 0. The van der Waals surface area contributed by atoms with Gasteiger partial charge in [0.05, 0.1) is 4.90 Å². The lowest BCUT2D eigenvalue weighted by molar-refractivity contribution is 0.228. The molecule has 2 aromatic rings. The maximum atomic E-state index is 13.0. The number of hydrogen-bond acceptors (Lipinski definition) is 3. The highest BCUT2D eigenvalue weighted by Gasteiger charge is 2.35. The first-order chi connectivity index (χ1) is 12.4. The van der Waals surface area contributed by atoms with Crippen molar-refractivity contribution in [2.24, 2.45) is 0 Å². The van der Waals surface area contributed by atoms with Gasteiger partial charge in [-0.3, -0.25) is 4.90 Å². The lowest BCUT2D eigenvalue weighted by atomic mass is 10.1. The van der Waals surface area contributed by atoms with Crippen molar-refractivity contribution in [3.05, 3.63) is 65.7 Å². The average Bonchev–Trinajstić information content (AvgIpc) is 3.12. The minimum atomic E-state index is -3.44. The average molecular weight is 409 g/mol. The van der Waals surface area contributed by atoms with Crippen LogP contribution in [0.1, 0.15) is 30.4 Å². The Balaban J connectivity index is 0.00000261. The Hall–Kier alpha value is -1.40. The lowest BCUT2D eigenvalue weighted by Gasteiger charge is -2.27. The van der Waals surface area contributed by atoms with Gasteiger partial charge in [0, 0.05) is 25.7 Å². The van der Waals surface area contributed by atoms with E-state index in [1.165, 1.54) is 5.56 Å². The molecule has 0 N–H and O–H groups in total. The fourth-order valence-electron chi connectivity index (χ4n) is 3.80. The van der Waals surface area contributed by atoms with Gasteiger partial charge in [0.1, 0.15) is 0 Å². The Morgan fingerprint density at radius 1 is 0.963 bits per heavy atom. The Bertz CT molecular complexity index is 842. The normalized spacial score (nSPS) is 20.0. The van der Waals surface area contributed by atoms with Gasteiger partial charge in [0.2, 0.25) is 10.0 Å². The zero-order chi connectivity index (χ0) is 18.7. The summed E-state index contributed by atoms with van der Waals surface area (Å²) >= 11 is 0. The third-order valence-electron chi connectivity index (χ3n) is 5.46. The Kier molecular flexibility index (Phi) is 7.46. The number of benzene rings is 2. The molecule has 0 heterocycles. The maximum Gasteiger partial charge on any atom is 0.243 e. The molecule has 0 unspecified atom stereocenters. The zero-order valence-corrected chi connectivity index (χ0v) is 17.8. The number of aryl methyl sites for hydroxylation is 1.